The van der Waals surface area contributed by atoms with Crippen LogP contribution in [0.2, 0.25) is 5.02 Å². The lowest BCUT2D eigenvalue weighted by molar-refractivity contribution is -0.384. The number of rotatable bonds is 4. The van der Waals surface area contributed by atoms with E-state index in [0.717, 1.165) is 0 Å². The van der Waals surface area contributed by atoms with E-state index >= 15 is 0 Å². The number of carbonyl (C=O) groups is 1. The quantitative estimate of drug-likeness (QED) is 0.603. The largest absolute Gasteiger partial charge is 0.472 e. The Bertz CT molecular complexity index is 912. The third kappa shape index (κ3) is 3.73. The molecular formula is C17H13ClN4O4. The van der Waals surface area contributed by atoms with Crippen LogP contribution < -0.4 is 4.74 Å². The third-order valence-corrected chi connectivity index (χ3v) is 4.29. The summed E-state index contributed by atoms with van der Waals surface area (Å²) < 4.78 is 5.73. The molecule has 0 aliphatic carbocycles. The molecule has 1 saturated heterocycles. The lowest BCUT2D eigenvalue weighted by Gasteiger charge is -2.17. The number of hydrogen-bond donors (Lipinski definition) is 0. The summed E-state index contributed by atoms with van der Waals surface area (Å²) in [6.45, 7) is 0.783. The fourth-order valence-corrected chi connectivity index (χ4v) is 2.88. The maximum Gasteiger partial charge on any atom is 0.288 e. The molecule has 0 spiro atoms. The van der Waals surface area contributed by atoms with Gasteiger partial charge >= 0.3 is 0 Å². The summed E-state index contributed by atoms with van der Waals surface area (Å²) in [7, 11) is 0. The summed E-state index contributed by atoms with van der Waals surface area (Å²) in [5.41, 5.74) is 0.336. The van der Waals surface area contributed by atoms with Gasteiger partial charge in [-0.1, -0.05) is 11.6 Å². The number of likely N-dealkylation sites (tertiary alicyclic amines) is 1. The second-order valence-corrected chi connectivity index (χ2v) is 6.10. The van der Waals surface area contributed by atoms with E-state index < -0.39 is 4.92 Å². The van der Waals surface area contributed by atoms with E-state index in [1.165, 1.54) is 30.5 Å². The van der Waals surface area contributed by atoms with Gasteiger partial charge in [-0.15, -0.1) is 0 Å². The summed E-state index contributed by atoms with van der Waals surface area (Å²) in [5.74, 6) is 0.0000751. The van der Waals surface area contributed by atoms with Crippen molar-refractivity contribution in [1.29, 1.82) is 5.26 Å². The summed E-state index contributed by atoms with van der Waals surface area (Å²) in [5, 5.41) is 19.9. The Hall–Kier alpha value is -3.18. The first-order valence-corrected chi connectivity index (χ1v) is 8.12. The van der Waals surface area contributed by atoms with E-state index in [-0.39, 0.29) is 28.3 Å². The summed E-state index contributed by atoms with van der Waals surface area (Å²) in [4.78, 5) is 28.5. The number of carbonyl (C=O) groups excluding carboxylic acids is 1. The lowest BCUT2D eigenvalue weighted by Crippen LogP contribution is -2.31. The maximum absolute atomic E-state index is 12.6. The van der Waals surface area contributed by atoms with Crippen molar-refractivity contribution >= 4 is 23.2 Å². The van der Waals surface area contributed by atoms with Gasteiger partial charge < -0.3 is 9.64 Å². The molecule has 1 aromatic carbocycles. The molecule has 1 fully saturated rings. The number of nitro groups is 1. The molecule has 1 unspecified atom stereocenters. The zero-order chi connectivity index (χ0) is 18.7. The van der Waals surface area contributed by atoms with Crippen LogP contribution in [0.1, 0.15) is 22.3 Å². The first kappa shape index (κ1) is 17.6. The van der Waals surface area contributed by atoms with Crippen LogP contribution in [0.15, 0.2) is 36.5 Å². The van der Waals surface area contributed by atoms with E-state index in [1.807, 2.05) is 6.07 Å². The van der Waals surface area contributed by atoms with Gasteiger partial charge in [0.1, 0.15) is 11.1 Å². The molecule has 1 amide bonds. The van der Waals surface area contributed by atoms with Crippen LogP contribution in [-0.4, -0.2) is 39.9 Å². The van der Waals surface area contributed by atoms with Crippen molar-refractivity contribution in [2.24, 2.45) is 0 Å². The van der Waals surface area contributed by atoms with Crippen molar-refractivity contribution in [3.8, 4) is 11.9 Å². The van der Waals surface area contributed by atoms with Crippen molar-refractivity contribution in [3.05, 3.63) is 62.8 Å². The van der Waals surface area contributed by atoms with Crippen LogP contribution in [0.5, 0.6) is 5.88 Å². The minimum atomic E-state index is -0.622. The molecule has 8 nitrogen and oxygen atoms in total. The average molecular weight is 373 g/mol. The number of amides is 1. The number of benzene rings is 1. The summed E-state index contributed by atoms with van der Waals surface area (Å²) in [6.07, 6.45) is 1.82. The van der Waals surface area contributed by atoms with Gasteiger partial charge in [-0.3, -0.25) is 14.9 Å². The molecule has 1 aliphatic heterocycles. The molecule has 132 valence electrons. The van der Waals surface area contributed by atoms with E-state index in [2.05, 4.69) is 4.98 Å². The number of aromatic nitrogens is 1. The molecular weight excluding hydrogens is 360 g/mol. The van der Waals surface area contributed by atoms with Crippen molar-refractivity contribution < 1.29 is 14.5 Å². The zero-order valence-electron chi connectivity index (χ0n) is 13.5. The smallest absolute Gasteiger partial charge is 0.288 e. The molecule has 0 radical (unpaired) electrons. The van der Waals surface area contributed by atoms with Gasteiger partial charge in [-0.25, -0.2) is 4.98 Å². The van der Waals surface area contributed by atoms with Gasteiger partial charge in [0.2, 0.25) is 5.88 Å². The van der Waals surface area contributed by atoms with Gasteiger partial charge in [-0.2, -0.15) is 5.26 Å². The van der Waals surface area contributed by atoms with Crippen LogP contribution in [0, 0.1) is 21.4 Å². The Labute approximate surface area is 153 Å². The highest BCUT2D eigenvalue weighted by Gasteiger charge is 2.29. The topological polar surface area (TPSA) is 109 Å². The SMILES string of the molecule is N#Cc1ccnc(OC2CCN(C(=O)c3ccc(Cl)c([N+](=O)[O-])c3)C2)c1. The first-order chi connectivity index (χ1) is 12.5. The van der Waals surface area contributed by atoms with Crippen LogP contribution in [0.3, 0.4) is 0 Å². The molecule has 9 heteroatoms. The lowest BCUT2D eigenvalue weighted by atomic mass is 10.2. The molecule has 0 N–H and O–H groups in total. The molecule has 0 saturated carbocycles. The van der Waals surface area contributed by atoms with Gasteiger partial charge in [-0.05, 0) is 18.2 Å². The molecule has 1 atom stereocenters. The van der Waals surface area contributed by atoms with Crippen molar-refractivity contribution in [1.82, 2.24) is 9.88 Å². The molecule has 1 aromatic heterocycles. The predicted octanol–water partition coefficient (Wildman–Crippen LogP) is 2.81. The van der Waals surface area contributed by atoms with Crippen molar-refractivity contribution in [3.63, 3.8) is 0 Å². The average Bonchev–Trinajstić information content (AvgIpc) is 3.10. The van der Waals surface area contributed by atoms with E-state index in [9.17, 15) is 14.9 Å². The van der Waals surface area contributed by atoms with Gasteiger partial charge in [0, 0.05) is 36.9 Å². The number of halogens is 1. The highest BCUT2D eigenvalue weighted by molar-refractivity contribution is 6.32. The third-order valence-electron chi connectivity index (χ3n) is 3.97. The fraction of sp³-hybridized carbons (Fsp3) is 0.235. The number of nitriles is 1. The highest BCUT2D eigenvalue weighted by Crippen LogP contribution is 2.26. The number of nitrogens with zero attached hydrogens (tertiary/aromatic N) is 4. The highest BCUT2D eigenvalue weighted by atomic mass is 35.5. The van der Waals surface area contributed by atoms with Crippen LogP contribution in [0.4, 0.5) is 5.69 Å². The van der Waals surface area contributed by atoms with Crippen LogP contribution in [-0.2, 0) is 0 Å². The number of ether oxygens (including phenoxy) is 1. The normalized spacial score (nSPS) is 16.2. The number of nitro benzene ring substituents is 1. The number of pyridine rings is 1. The molecule has 1 aliphatic rings. The monoisotopic (exact) mass is 372 g/mol. The Balaban J connectivity index is 1.68. The van der Waals surface area contributed by atoms with Gasteiger partial charge in [0.15, 0.2) is 0 Å². The first-order valence-electron chi connectivity index (χ1n) is 7.74. The number of hydrogen-bond acceptors (Lipinski definition) is 6. The fourth-order valence-electron chi connectivity index (χ4n) is 2.69. The predicted molar refractivity (Wildman–Crippen MR) is 92.0 cm³/mol. The van der Waals surface area contributed by atoms with Gasteiger partial charge in [0.05, 0.1) is 23.1 Å². The Kier molecular flexibility index (Phi) is 5.00. The Morgan fingerprint density at radius 2 is 2.23 bits per heavy atom. The zero-order valence-corrected chi connectivity index (χ0v) is 14.2. The van der Waals surface area contributed by atoms with Crippen molar-refractivity contribution in [2.75, 3.05) is 13.1 Å². The summed E-state index contributed by atoms with van der Waals surface area (Å²) >= 11 is 5.78. The van der Waals surface area contributed by atoms with E-state index in [0.29, 0.717) is 31.0 Å². The van der Waals surface area contributed by atoms with E-state index in [1.54, 1.807) is 11.0 Å². The molecule has 0 bridgehead atoms. The molecule has 2 heterocycles. The molecule has 2 aromatic rings. The van der Waals surface area contributed by atoms with Crippen molar-refractivity contribution in [2.45, 2.75) is 12.5 Å². The second kappa shape index (κ2) is 7.37. The Morgan fingerprint density at radius 3 is 2.96 bits per heavy atom. The second-order valence-electron chi connectivity index (χ2n) is 5.70. The Morgan fingerprint density at radius 1 is 1.42 bits per heavy atom. The van der Waals surface area contributed by atoms with Crippen LogP contribution in [0.25, 0.3) is 0 Å². The minimum Gasteiger partial charge on any atom is -0.472 e. The minimum absolute atomic E-state index is 0.0161. The molecule has 3 rings (SSSR count). The maximum atomic E-state index is 12.6. The standard InChI is InChI=1S/C17H13ClN4O4/c18-14-2-1-12(8-15(14)22(24)25)17(23)21-6-4-13(10-21)26-16-7-11(9-19)3-5-20-16/h1-3,5,7-8,13H,4,6,10H2. The van der Waals surface area contributed by atoms with Crippen LogP contribution >= 0.6 is 11.6 Å². The van der Waals surface area contributed by atoms with E-state index in [4.69, 9.17) is 21.6 Å². The molecule has 26 heavy (non-hydrogen) atoms. The van der Waals surface area contributed by atoms with Gasteiger partial charge in [0.25, 0.3) is 11.6 Å². The summed E-state index contributed by atoms with van der Waals surface area (Å²) in [6, 6.07) is 9.10.